The molecule has 3 aliphatic rings. The highest BCUT2D eigenvalue weighted by atomic mass is 32.2. The molecule has 1 N–H and O–H groups in total. The van der Waals surface area contributed by atoms with Gasteiger partial charge in [-0.15, -0.1) is 0 Å². The number of hydrogen-bond acceptors (Lipinski definition) is 5. The van der Waals surface area contributed by atoms with Crippen LogP contribution in [0.1, 0.15) is 56.4 Å². The number of sulfone groups is 1. The van der Waals surface area contributed by atoms with E-state index in [0.29, 0.717) is 17.9 Å². The van der Waals surface area contributed by atoms with Gasteiger partial charge in [-0.3, -0.25) is 4.90 Å². The standard InChI is InChI=1S/C29H37FN4O2S/c1-33-28-18-26(30)25(17-27(28)32-29(33)20-5-7-24(8-6-20)37(2,35)36)21-11-14-34(22-9-12-31-13-10-22)23(16-21)15-19-3-4-19/h5-8,17-19,21-23,31H,3-4,9-16H2,1-2H3/t21?,23-/m1/s1. The van der Waals surface area contributed by atoms with E-state index in [1.807, 2.05) is 17.7 Å². The van der Waals surface area contributed by atoms with Crippen LogP contribution in [0.2, 0.25) is 0 Å². The van der Waals surface area contributed by atoms with Crippen LogP contribution < -0.4 is 5.32 Å². The van der Waals surface area contributed by atoms with Crippen molar-refractivity contribution in [1.82, 2.24) is 19.8 Å². The lowest BCUT2D eigenvalue weighted by atomic mass is 9.81. The summed E-state index contributed by atoms with van der Waals surface area (Å²) in [6, 6.07) is 11.6. The molecule has 2 aliphatic heterocycles. The van der Waals surface area contributed by atoms with Gasteiger partial charge < -0.3 is 9.88 Å². The highest BCUT2D eigenvalue weighted by Gasteiger charge is 2.38. The van der Waals surface area contributed by atoms with Crippen LogP contribution in [0.5, 0.6) is 0 Å². The number of imidazole rings is 1. The van der Waals surface area contributed by atoms with Crippen molar-refractivity contribution in [3.63, 3.8) is 0 Å². The van der Waals surface area contributed by atoms with E-state index in [1.54, 1.807) is 30.3 Å². The van der Waals surface area contributed by atoms with E-state index in [4.69, 9.17) is 4.98 Å². The van der Waals surface area contributed by atoms with Crippen LogP contribution in [-0.2, 0) is 16.9 Å². The van der Waals surface area contributed by atoms with Crippen LogP contribution in [0.3, 0.4) is 0 Å². The fourth-order valence-electron chi connectivity index (χ4n) is 6.59. The average molecular weight is 525 g/mol. The molecule has 3 heterocycles. The van der Waals surface area contributed by atoms with Crippen molar-refractivity contribution in [2.24, 2.45) is 13.0 Å². The molecule has 8 heteroatoms. The number of benzene rings is 2. The van der Waals surface area contributed by atoms with E-state index in [9.17, 15) is 8.42 Å². The van der Waals surface area contributed by atoms with E-state index in [1.165, 1.54) is 38.4 Å². The van der Waals surface area contributed by atoms with Gasteiger partial charge in [0.05, 0.1) is 15.9 Å². The largest absolute Gasteiger partial charge is 0.327 e. The summed E-state index contributed by atoms with van der Waals surface area (Å²) in [4.78, 5) is 7.91. The number of hydrogen-bond donors (Lipinski definition) is 1. The fraction of sp³-hybridized carbons (Fsp3) is 0.552. The predicted molar refractivity (Wildman–Crippen MR) is 145 cm³/mol. The number of nitrogens with zero attached hydrogens (tertiary/aromatic N) is 3. The highest BCUT2D eigenvalue weighted by molar-refractivity contribution is 7.90. The molecule has 1 saturated carbocycles. The van der Waals surface area contributed by atoms with Crippen molar-refractivity contribution in [3.8, 4) is 11.4 Å². The molecule has 0 amide bonds. The predicted octanol–water partition coefficient (Wildman–Crippen LogP) is 4.88. The number of halogens is 1. The first-order valence-corrected chi connectivity index (χ1v) is 15.6. The molecule has 198 valence electrons. The zero-order valence-electron chi connectivity index (χ0n) is 21.8. The van der Waals surface area contributed by atoms with E-state index < -0.39 is 9.84 Å². The Labute approximate surface area is 219 Å². The van der Waals surface area contributed by atoms with Gasteiger partial charge >= 0.3 is 0 Å². The third kappa shape index (κ3) is 5.08. The van der Waals surface area contributed by atoms with Crippen molar-refractivity contribution in [3.05, 3.63) is 47.8 Å². The Bertz CT molecular complexity index is 1390. The highest BCUT2D eigenvalue weighted by Crippen LogP contribution is 2.42. The van der Waals surface area contributed by atoms with E-state index in [2.05, 4.69) is 10.2 Å². The van der Waals surface area contributed by atoms with Gasteiger partial charge in [0.1, 0.15) is 11.6 Å². The molecular formula is C29H37FN4O2S. The summed E-state index contributed by atoms with van der Waals surface area (Å²) in [7, 11) is -1.38. The Kier molecular flexibility index (Phi) is 6.62. The number of likely N-dealkylation sites (tertiary alicyclic amines) is 1. The summed E-state index contributed by atoms with van der Waals surface area (Å²) < 4.78 is 41.2. The van der Waals surface area contributed by atoms with Gasteiger partial charge in [-0.1, -0.05) is 12.8 Å². The maximum atomic E-state index is 15.6. The number of fused-ring (bicyclic) bond motifs is 1. The normalized spacial score (nSPS) is 24.1. The molecule has 37 heavy (non-hydrogen) atoms. The molecule has 6 rings (SSSR count). The van der Waals surface area contributed by atoms with E-state index >= 15 is 4.39 Å². The van der Waals surface area contributed by atoms with Crippen LogP contribution in [0.15, 0.2) is 41.3 Å². The van der Waals surface area contributed by atoms with Gasteiger partial charge in [0.25, 0.3) is 0 Å². The number of aryl methyl sites for hydroxylation is 1. The summed E-state index contributed by atoms with van der Waals surface area (Å²) in [6.45, 7) is 3.25. The van der Waals surface area contributed by atoms with Gasteiger partial charge in [-0.25, -0.2) is 17.8 Å². The van der Waals surface area contributed by atoms with Crippen molar-refractivity contribution in [1.29, 1.82) is 0 Å². The van der Waals surface area contributed by atoms with Crippen LogP contribution >= 0.6 is 0 Å². The first-order valence-electron chi connectivity index (χ1n) is 13.7. The second kappa shape index (κ2) is 9.79. The third-order valence-electron chi connectivity index (χ3n) is 8.82. The number of nitrogens with one attached hydrogen (secondary N) is 1. The smallest absolute Gasteiger partial charge is 0.175 e. The zero-order chi connectivity index (χ0) is 25.7. The minimum absolute atomic E-state index is 0.139. The number of piperidine rings is 2. The summed E-state index contributed by atoms with van der Waals surface area (Å²) >= 11 is 0. The molecule has 1 unspecified atom stereocenters. The van der Waals surface area contributed by atoms with Crippen LogP contribution in [0.25, 0.3) is 22.4 Å². The Morgan fingerprint density at radius 1 is 1.05 bits per heavy atom. The Balaban J connectivity index is 1.28. The first-order chi connectivity index (χ1) is 17.8. The first kappa shape index (κ1) is 25.0. The molecular weight excluding hydrogens is 487 g/mol. The van der Waals surface area contributed by atoms with Crippen LogP contribution in [0.4, 0.5) is 4.39 Å². The molecule has 3 fully saturated rings. The van der Waals surface area contributed by atoms with Gasteiger partial charge in [-0.2, -0.15) is 0 Å². The summed E-state index contributed by atoms with van der Waals surface area (Å²) in [6.07, 6.45) is 9.60. The number of aromatic nitrogens is 2. The molecule has 1 aliphatic carbocycles. The summed E-state index contributed by atoms with van der Waals surface area (Å²) in [5, 5.41) is 3.50. The van der Waals surface area contributed by atoms with E-state index in [0.717, 1.165) is 60.6 Å². The molecule has 0 spiro atoms. The second-order valence-corrected chi connectivity index (χ2v) is 13.4. The molecule has 1 aromatic heterocycles. The molecule has 0 radical (unpaired) electrons. The van der Waals surface area contributed by atoms with Crippen LogP contribution in [0, 0.1) is 11.7 Å². The molecule has 0 bridgehead atoms. The van der Waals surface area contributed by atoms with Gasteiger partial charge in [0, 0.05) is 37.0 Å². The van der Waals surface area contributed by atoms with Crippen molar-refractivity contribution < 1.29 is 12.8 Å². The average Bonchev–Trinajstić information content (AvgIpc) is 3.65. The topological polar surface area (TPSA) is 67.2 Å². The zero-order valence-corrected chi connectivity index (χ0v) is 22.6. The molecule has 3 aromatic rings. The van der Waals surface area contributed by atoms with Crippen molar-refractivity contribution >= 4 is 20.9 Å². The minimum Gasteiger partial charge on any atom is -0.327 e. The Hall–Kier alpha value is -2.29. The second-order valence-electron chi connectivity index (χ2n) is 11.4. The lowest BCUT2D eigenvalue weighted by molar-refractivity contribution is 0.0593. The molecule has 2 atom stereocenters. The van der Waals surface area contributed by atoms with Crippen LogP contribution in [-0.4, -0.2) is 60.8 Å². The monoisotopic (exact) mass is 524 g/mol. The SMILES string of the molecule is Cn1c(-c2ccc(S(C)(=O)=O)cc2)nc2cc(C3CCN(C4CCNCC4)[C@H](CC4CC4)C3)c(F)cc21. The minimum atomic E-state index is -3.26. The van der Waals surface area contributed by atoms with Gasteiger partial charge in [0.2, 0.25) is 0 Å². The molecule has 6 nitrogen and oxygen atoms in total. The van der Waals surface area contributed by atoms with E-state index in [-0.39, 0.29) is 16.6 Å². The Morgan fingerprint density at radius 3 is 2.46 bits per heavy atom. The summed E-state index contributed by atoms with van der Waals surface area (Å²) in [5.74, 6) is 1.64. The molecule has 2 saturated heterocycles. The quantitative estimate of drug-likeness (QED) is 0.498. The summed E-state index contributed by atoms with van der Waals surface area (Å²) in [5.41, 5.74) is 3.16. The van der Waals surface area contributed by atoms with Crippen molar-refractivity contribution in [2.75, 3.05) is 25.9 Å². The van der Waals surface area contributed by atoms with Gasteiger partial charge in [0.15, 0.2) is 9.84 Å². The number of rotatable bonds is 6. The maximum Gasteiger partial charge on any atom is 0.175 e. The molecule has 2 aromatic carbocycles. The van der Waals surface area contributed by atoms with Crippen molar-refractivity contribution in [2.45, 2.75) is 67.8 Å². The third-order valence-corrected chi connectivity index (χ3v) is 9.95. The van der Waals surface area contributed by atoms with Gasteiger partial charge in [-0.05, 0) is 99.5 Å². The fourth-order valence-corrected chi connectivity index (χ4v) is 7.22. The Morgan fingerprint density at radius 2 is 1.78 bits per heavy atom. The lowest BCUT2D eigenvalue weighted by Gasteiger charge is -2.45. The maximum absolute atomic E-state index is 15.6. The lowest BCUT2D eigenvalue weighted by Crippen LogP contribution is -2.51.